The number of hydrogen-bond donors (Lipinski definition) is 1. The molecule has 27 heavy (non-hydrogen) atoms. The van der Waals surface area contributed by atoms with Gasteiger partial charge in [-0.05, 0) is 32.4 Å². The van der Waals surface area contributed by atoms with E-state index in [1.165, 1.54) is 6.07 Å². The lowest BCUT2D eigenvalue weighted by Crippen LogP contribution is -2.47. The van der Waals surface area contributed by atoms with Crippen LogP contribution in [-0.4, -0.2) is 65.3 Å². The number of pyridine rings is 1. The molecular weight excluding hydrogens is 342 g/mol. The molecule has 0 radical (unpaired) electrons. The molecule has 2 aromatic heterocycles. The number of nitrogens with zero attached hydrogens (tertiary/aromatic N) is 4. The van der Waals surface area contributed by atoms with Crippen molar-refractivity contribution in [1.82, 2.24) is 19.9 Å². The van der Waals surface area contributed by atoms with Crippen molar-refractivity contribution in [2.45, 2.75) is 39.4 Å². The topological polar surface area (TPSA) is 74.4 Å². The quantitative estimate of drug-likeness (QED) is 0.836. The summed E-state index contributed by atoms with van der Waals surface area (Å²) in [5, 5.41) is 0. The van der Waals surface area contributed by atoms with E-state index in [1.54, 1.807) is 6.20 Å². The van der Waals surface area contributed by atoms with Gasteiger partial charge in [0.25, 0.3) is 5.56 Å². The van der Waals surface area contributed by atoms with Crippen LogP contribution in [0.25, 0.3) is 11.4 Å². The van der Waals surface area contributed by atoms with Crippen molar-refractivity contribution in [3.63, 3.8) is 0 Å². The largest absolute Gasteiger partial charge is 0.373 e. The van der Waals surface area contributed by atoms with Gasteiger partial charge in [-0.15, -0.1) is 0 Å². The van der Waals surface area contributed by atoms with Gasteiger partial charge in [-0.1, -0.05) is 6.92 Å². The van der Waals surface area contributed by atoms with E-state index in [0.29, 0.717) is 5.82 Å². The second kappa shape index (κ2) is 8.63. The number of ether oxygens (including phenoxy) is 1. The number of aryl methyl sites for hydroxylation is 1. The molecule has 1 aliphatic heterocycles. The molecule has 3 heterocycles. The van der Waals surface area contributed by atoms with Crippen molar-refractivity contribution < 1.29 is 4.74 Å². The fourth-order valence-corrected chi connectivity index (χ4v) is 3.45. The summed E-state index contributed by atoms with van der Waals surface area (Å²) in [6, 6.07) is 5.46. The van der Waals surface area contributed by atoms with Gasteiger partial charge in [-0.25, -0.2) is 9.97 Å². The lowest BCUT2D eigenvalue weighted by Gasteiger charge is -2.36. The Morgan fingerprint density at radius 3 is 2.67 bits per heavy atom. The number of nitrogens with one attached hydrogen (secondary N) is 1. The predicted molar refractivity (Wildman–Crippen MR) is 107 cm³/mol. The average Bonchev–Trinajstić information content (AvgIpc) is 2.65. The molecule has 0 spiro atoms. The molecule has 3 rings (SSSR count). The average molecular weight is 371 g/mol. The van der Waals surface area contributed by atoms with Crippen molar-refractivity contribution in [3.05, 3.63) is 40.4 Å². The van der Waals surface area contributed by atoms with Gasteiger partial charge < -0.3 is 14.6 Å². The molecule has 1 N–H and O–H groups in total. The van der Waals surface area contributed by atoms with Crippen LogP contribution in [0.2, 0.25) is 0 Å². The fraction of sp³-hybridized carbons (Fsp3) is 0.550. The Labute approximate surface area is 160 Å². The third-order valence-corrected chi connectivity index (χ3v) is 4.82. The molecule has 0 aliphatic carbocycles. The molecule has 2 aromatic rings. The van der Waals surface area contributed by atoms with Crippen LogP contribution in [0.5, 0.6) is 0 Å². The van der Waals surface area contributed by atoms with Gasteiger partial charge in [0.2, 0.25) is 0 Å². The SMILES string of the molecule is CCc1cc(=O)[nH]c(-c2ccc(N(C)CCN3C[C@@H](C)O[C@@H](C)C3)nc2)n1. The van der Waals surface area contributed by atoms with Crippen LogP contribution >= 0.6 is 0 Å². The van der Waals surface area contributed by atoms with Crippen LogP contribution in [0.15, 0.2) is 29.2 Å². The second-order valence-electron chi connectivity index (χ2n) is 7.28. The first-order chi connectivity index (χ1) is 12.9. The molecule has 0 saturated carbocycles. The smallest absolute Gasteiger partial charge is 0.251 e. The second-order valence-corrected chi connectivity index (χ2v) is 7.28. The highest BCUT2D eigenvalue weighted by molar-refractivity contribution is 5.56. The Kier molecular flexibility index (Phi) is 6.23. The molecular formula is C20H29N5O2. The number of aromatic nitrogens is 3. The minimum absolute atomic E-state index is 0.132. The van der Waals surface area contributed by atoms with E-state index in [0.717, 1.165) is 49.7 Å². The zero-order valence-corrected chi connectivity index (χ0v) is 16.6. The molecule has 0 bridgehead atoms. The summed E-state index contributed by atoms with van der Waals surface area (Å²) in [5.41, 5.74) is 1.46. The first-order valence-electron chi connectivity index (χ1n) is 9.60. The van der Waals surface area contributed by atoms with Gasteiger partial charge in [-0.2, -0.15) is 0 Å². The predicted octanol–water partition coefficient (Wildman–Crippen LogP) is 1.94. The van der Waals surface area contributed by atoms with Crippen molar-refractivity contribution in [3.8, 4) is 11.4 Å². The van der Waals surface area contributed by atoms with E-state index in [4.69, 9.17) is 4.74 Å². The van der Waals surface area contributed by atoms with E-state index in [2.05, 4.69) is 38.6 Å². The summed E-state index contributed by atoms with van der Waals surface area (Å²) in [6.45, 7) is 10.0. The molecule has 1 fully saturated rings. The maximum atomic E-state index is 11.8. The lowest BCUT2D eigenvalue weighted by atomic mass is 10.2. The van der Waals surface area contributed by atoms with Crippen LogP contribution in [0.4, 0.5) is 5.82 Å². The number of likely N-dealkylation sites (N-methyl/N-ethyl adjacent to an activating group) is 1. The van der Waals surface area contributed by atoms with Gasteiger partial charge >= 0.3 is 0 Å². The zero-order valence-electron chi connectivity index (χ0n) is 16.6. The van der Waals surface area contributed by atoms with E-state index >= 15 is 0 Å². The Hall–Kier alpha value is -2.25. The summed E-state index contributed by atoms with van der Waals surface area (Å²) in [4.78, 5) is 28.2. The van der Waals surface area contributed by atoms with Gasteiger partial charge in [0.05, 0.1) is 12.2 Å². The molecule has 2 atom stereocenters. The first-order valence-corrected chi connectivity index (χ1v) is 9.60. The standard InChI is InChI=1S/C20H29N5O2/c1-5-17-10-19(26)23-20(22-17)16-6-7-18(21-11-16)24(4)8-9-25-12-14(2)27-15(3)13-25/h6-7,10-11,14-15H,5,8-9,12-13H2,1-4H3,(H,22,23,26)/t14-,15+. The first kappa shape index (κ1) is 19.5. The molecule has 0 amide bonds. The Morgan fingerprint density at radius 2 is 2.04 bits per heavy atom. The number of morpholine rings is 1. The van der Waals surface area contributed by atoms with Gasteiger partial charge in [-0.3, -0.25) is 9.69 Å². The normalized spacial score (nSPS) is 20.6. The van der Waals surface area contributed by atoms with Crippen LogP contribution < -0.4 is 10.5 Å². The van der Waals surface area contributed by atoms with Crippen LogP contribution in [-0.2, 0) is 11.2 Å². The van der Waals surface area contributed by atoms with E-state index < -0.39 is 0 Å². The Bertz CT molecular complexity index is 795. The summed E-state index contributed by atoms with van der Waals surface area (Å²) < 4.78 is 5.79. The number of aromatic amines is 1. The molecule has 0 unspecified atom stereocenters. The number of rotatable bonds is 6. The maximum Gasteiger partial charge on any atom is 0.251 e. The van der Waals surface area contributed by atoms with Crippen molar-refractivity contribution in [2.24, 2.45) is 0 Å². The van der Waals surface area contributed by atoms with Crippen LogP contribution in [0.3, 0.4) is 0 Å². The highest BCUT2D eigenvalue weighted by Crippen LogP contribution is 2.17. The summed E-state index contributed by atoms with van der Waals surface area (Å²) in [5.74, 6) is 1.47. The molecule has 1 saturated heterocycles. The molecule has 146 valence electrons. The van der Waals surface area contributed by atoms with E-state index in [9.17, 15) is 4.79 Å². The minimum Gasteiger partial charge on any atom is -0.373 e. The number of anilines is 1. The molecule has 7 nitrogen and oxygen atoms in total. The Balaban J connectivity index is 1.63. The molecule has 1 aliphatic rings. The third-order valence-electron chi connectivity index (χ3n) is 4.82. The van der Waals surface area contributed by atoms with Gasteiger partial charge in [0, 0.05) is 56.7 Å². The van der Waals surface area contributed by atoms with Crippen LogP contribution in [0.1, 0.15) is 26.5 Å². The van der Waals surface area contributed by atoms with Crippen molar-refractivity contribution in [2.75, 3.05) is 38.1 Å². The zero-order chi connectivity index (χ0) is 19.4. The lowest BCUT2D eigenvalue weighted by molar-refractivity contribution is -0.0670. The van der Waals surface area contributed by atoms with E-state index in [1.807, 2.05) is 26.1 Å². The minimum atomic E-state index is -0.132. The number of H-pyrrole nitrogens is 1. The monoisotopic (exact) mass is 371 g/mol. The number of hydrogen-bond acceptors (Lipinski definition) is 6. The maximum absolute atomic E-state index is 11.8. The molecule has 7 heteroatoms. The highest BCUT2D eigenvalue weighted by atomic mass is 16.5. The van der Waals surface area contributed by atoms with Crippen LogP contribution in [0, 0.1) is 0 Å². The summed E-state index contributed by atoms with van der Waals surface area (Å²) in [7, 11) is 2.05. The summed E-state index contributed by atoms with van der Waals surface area (Å²) >= 11 is 0. The Morgan fingerprint density at radius 1 is 1.30 bits per heavy atom. The third kappa shape index (κ3) is 5.14. The molecule has 0 aromatic carbocycles. The highest BCUT2D eigenvalue weighted by Gasteiger charge is 2.22. The van der Waals surface area contributed by atoms with Gasteiger partial charge in [0.15, 0.2) is 0 Å². The summed E-state index contributed by atoms with van der Waals surface area (Å²) in [6.07, 6.45) is 3.06. The fourth-order valence-electron chi connectivity index (χ4n) is 3.45. The van der Waals surface area contributed by atoms with Gasteiger partial charge in [0.1, 0.15) is 11.6 Å². The van der Waals surface area contributed by atoms with Crippen molar-refractivity contribution >= 4 is 5.82 Å². The van der Waals surface area contributed by atoms with Crippen molar-refractivity contribution in [1.29, 1.82) is 0 Å². The van der Waals surface area contributed by atoms with E-state index in [-0.39, 0.29) is 17.8 Å².